The molecule has 0 bridgehead atoms. The lowest BCUT2D eigenvalue weighted by Crippen LogP contribution is -2.23. The van der Waals surface area contributed by atoms with Gasteiger partial charge in [0.05, 0.1) is 11.5 Å². The van der Waals surface area contributed by atoms with Crippen LogP contribution in [0.15, 0.2) is 24.3 Å². The molecule has 0 saturated heterocycles. The summed E-state index contributed by atoms with van der Waals surface area (Å²) < 4.78 is 13.0. The lowest BCUT2D eigenvalue weighted by atomic mass is 9.91. The zero-order chi connectivity index (χ0) is 12.2. The van der Waals surface area contributed by atoms with Gasteiger partial charge in [-0.15, -0.1) is 0 Å². The van der Waals surface area contributed by atoms with E-state index in [1.54, 1.807) is 6.07 Å². The highest BCUT2D eigenvalue weighted by Gasteiger charge is 2.17. The van der Waals surface area contributed by atoms with Crippen molar-refractivity contribution in [2.24, 2.45) is 5.41 Å². The molecule has 86 valence electrons. The highest BCUT2D eigenvalue weighted by atomic mass is 19.1. The summed E-state index contributed by atoms with van der Waals surface area (Å²) in [5.74, 6) is -0.233. The Balaban J connectivity index is 2.60. The molecular weight excluding hydrogens is 203 g/mol. The number of halogens is 1. The summed E-state index contributed by atoms with van der Waals surface area (Å²) in [5.41, 5.74) is 0.510. The van der Waals surface area contributed by atoms with Crippen molar-refractivity contribution in [1.29, 1.82) is 5.26 Å². The number of hydrogen-bond donors (Lipinski definition) is 0. The van der Waals surface area contributed by atoms with Crippen LogP contribution < -0.4 is 4.90 Å². The Hall–Kier alpha value is -1.56. The molecule has 0 atom stereocenters. The fourth-order valence-electron chi connectivity index (χ4n) is 1.35. The number of anilines is 1. The lowest BCUT2D eigenvalue weighted by molar-refractivity contribution is 0.455. The van der Waals surface area contributed by atoms with Gasteiger partial charge in [0.15, 0.2) is 0 Å². The summed E-state index contributed by atoms with van der Waals surface area (Å²) in [6.45, 7) is 4.56. The summed E-state index contributed by atoms with van der Waals surface area (Å²) in [5, 5.41) is 8.89. The highest BCUT2D eigenvalue weighted by molar-refractivity contribution is 5.45. The van der Waals surface area contributed by atoms with Crippen molar-refractivity contribution in [3.63, 3.8) is 0 Å². The Kier molecular flexibility index (Phi) is 3.89. The summed E-state index contributed by atoms with van der Waals surface area (Å²) in [6.07, 6.45) is 0.760. The van der Waals surface area contributed by atoms with Crippen molar-refractivity contribution in [1.82, 2.24) is 0 Å². The summed E-state index contributed by atoms with van der Waals surface area (Å²) in [4.78, 5) is 1.96. The van der Waals surface area contributed by atoms with E-state index in [1.807, 2.05) is 31.9 Å². The van der Waals surface area contributed by atoms with Crippen molar-refractivity contribution in [2.45, 2.75) is 20.3 Å². The molecule has 0 saturated carbocycles. The van der Waals surface area contributed by atoms with Crippen molar-refractivity contribution >= 4 is 5.69 Å². The van der Waals surface area contributed by atoms with Crippen LogP contribution in [0.2, 0.25) is 0 Å². The molecule has 0 fully saturated rings. The van der Waals surface area contributed by atoms with E-state index in [1.165, 1.54) is 12.1 Å². The zero-order valence-electron chi connectivity index (χ0n) is 10.00. The molecule has 0 radical (unpaired) electrons. The molecule has 1 aromatic rings. The fraction of sp³-hybridized carbons (Fsp3) is 0.462. The van der Waals surface area contributed by atoms with E-state index < -0.39 is 0 Å². The molecule has 0 amide bonds. The molecule has 1 rings (SSSR count). The maximum atomic E-state index is 13.0. The smallest absolute Gasteiger partial charge is 0.125 e. The van der Waals surface area contributed by atoms with Crippen LogP contribution in [0.1, 0.15) is 20.3 Å². The van der Waals surface area contributed by atoms with Crippen LogP contribution in [0.4, 0.5) is 10.1 Å². The minimum Gasteiger partial charge on any atom is -0.374 e. The van der Waals surface area contributed by atoms with Gasteiger partial charge in [-0.1, -0.05) is 6.07 Å². The van der Waals surface area contributed by atoms with E-state index >= 15 is 0 Å². The Morgan fingerprint density at radius 1 is 1.44 bits per heavy atom. The lowest BCUT2D eigenvalue weighted by Gasteiger charge is -2.23. The van der Waals surface area contributed by atoms with Crippen LogP contribution in [0.25, 0.3) is 0 Å². The van der Waals surface area contributed by atoms with Gasteiger partial charge >= 0.3 is 0 Å². The molecule has 16 heavy (non-hydrogen) atoms. The van der Waals surface area contributed by atoms with Gasteiger partial charge in [-0.05, 0) is 38.5 Å². The molecular formula is C13H17FN2. The predicted octanol–water partition coefficient (Wildman–Crippen LogP) is 3.20. The van der Waals surface area contributed by atoms with E-state index in [2.05, 4.69) is 6.07 Å². The van der Waals surface area contributed by atoms with E-state index in [-0.39, 0.29) is 11.2 Å². The van der Waals surface area contributed by atoms with Gasteiger partial charge in [0, 0.05) is 19.3 Å². The summed E-state index contributed by atoms with van der Waals surface area (Å²) >= 11 is 0. The second-order valence-electron chi connectivity index (χ2n) is 4.65. The maximum Gasteiger partial charge on any atom is 0.125 e. The molecule has 0 aliphatic rings. The molecule has 0 unspecified atom stereocenters. The number of nitriles is 1. The second kappa shape index (κ2) is 4.98. The first kappa shape index (κ1) is 12.5. The SMILES string of the molecule is CN(CCC(C)(C)C#N)c1cccc(F)c1. The number of benzene rings is 1. The minimum absolute atomic E-state index is 0.233. The average molecular weight is 220 g/mol. The minimum atomic E-state index is -0.332. The van der Waals surface area contributed by atoms with Gasteiger partial charge in [0.1, 0.15) is 5.82 Å². The number of rotatable bonds is 4. The fourth-order valence-corrected chi connectivity index (χ4v) is 1.35. The molecule has 3 heteroatoms. The first-order valence-electron chi connectivity index (χ1n) is 5.32. The van der Waals surface area contributed by atoms with Gasteiger partial charge in [-0.2, -0.15) is 5.26 Å². The Morgan fingerprint density at radius 2 is 2.12 bits per heavy atom. The maximum absolute atomic E-state index is 13.0. The largest absolute Gasteiger partial charge is 0.374 e. The number of hydrogen-bond acceptors (Lipinski definition) is 2. The van der Waals surface area contributed by atoms with E-state index in [4.69, 9.17) is 5.26 Å². The quantitative estimate of drug-likeness (QED) is 0.779. The van der Waals surface area contributed by atoms with E-state index in [9.17, 15) is 4.39 Å². The van der Waals surface area contributed by atoms with Gasteiger partial charge in [0.25, 0.3) is 0 Å². The van der Waals surface area contributed by atoms with E-state index in [0.29, 0.717) is 0 Å². The van der Waals surface area contributed by atoms with Gasteiger partial charge in [-0.25, -0.2) is 4.39 Å². The topological polar surface area (TPSA) is 27.0 Å². The molecule has 1 aromatic carbocycles. The molecule has 2 nitrogen and oxygen atoms in total. The third kappa shape index (κ3) is 3.54. The second-order valence-corrected chi connectivity index (χ2v) is 4.65. The first-order valence-corrected chi connectivity index (χ1v) is 5.32. The Bertz CT molecular complexity index is 393. The van der Waals surface area contributed by atoms with Gasteiger partial charge < -0.3 is 4.90 Å². The number of nitrogens with zero attached hydrogens (tertiary/aromatic N) is 2. The van der Waals surface area contributed by atoms with Gasteiger partial charge in [0.2, 0.25) is 0 Å². The Morgan fingerprint density at radius 3 is 2.69 bits per heavy atom. The summed E-state index contributed by atoms with van der Waals surface area (Å²) in [6, 6.07) is 8.74. The van der Waals surface area contributed by atoms with Crippen LogP contribution in [0, 0.1) is 22.6 Å². The third-order valence-corrected chi connectivity index (χ3v) is 2.62. The van der Waals surface area contributed by atoms with Crippen molar-refractivity contribution < 1.29 is 4.39 Å². The van der Waals surface area contributed by atoms with Crippen LogP contribution in [-0.2, 0) is 0 Å². The van der Waals surface area contributed by atoms with Crippen molar-refractivity contribution in [3.8, 4) is 6.07 Å². The van der Waals surface area contributed by atoms with E-state index in [0.717, 1.165) is 18.7 Å². The Labute approximate surface area is 96.3 Å². The van der Waals surface area contributed by atoms with Gasteiger partial charge in [-0.3, -0.25) is 0 Å². The first-order chi connectivity index (χ1) is 7.44. The molecule has 0 heterocycles. The highest BCUT2D eigenvalue weighted by Crippen LogP contribution is 2.21. The van der Waals surface area contributed by atoms with Crippen molar-refractivity contribution in [2.75, 3.05) is 18.5 Å². The van der Waals surface area contributed by atoms with Crippen LogP contribution in [-0.4, -0.2) is 13.6 Å². The van der Waals surface area contributed by atoms with Crippen molar-refractivity contribution in [3.05, 3.63) is 30.1 Å². The molecule has 0 aliphatic carbocycles. The summed E-state index contributed by atoms with van der Waals surface area (Å²) in [7, 11) is 1.90. The molecule has 0 aliphatic heterocycles. The standard InChI is InChI=1S/C13H17FN2/c1-13(2,10-15)7-8-16(3)12-6-4-5-11(14)9-12/h4-6,9H,7-8H2,1-3H3. The zero-order valence-corrected chi connectivity index (χ0v) is 10.00. The monoisotopic (exact) mass is 220 g/mol. The third-order valence-electron chi connectivity index (χ3n) is 2.62. The van der Waals surface area contributed by atoms with Crippen LogP contribution in [0.3, 0.4) is 0 Å². The molecule has 0 N–H and O–H groups in total. The van der Waals surface area contributed by atoms with Crippen LogP contribution in [0.5, 0.6) is 0 Å². The molecule has 0 aromatic heterocycles. The average Bonchev–Trinajstić information content (AvgIpc) is 2.26. The molecule has 0 spiro atoms. The normalized spacial score (nSPS) is 10.9. The predicted molar refractivity (Wildman–Crippen MR) is 63.7 cm³/mol. The van der Waals surface area contributed by atoms with Crippen LogP contribution >= 0.6 is 0 Å².